The summed E-state index contributed by atoms with van der Waals surface area (Å²) in [6, 6.07) is 11.3. The van der Waals surface area contributed by atoms with Gasteiger partial charge in [0.25, 0.3) is 0 Å². The molecule has 15 heavy (non-hydrogen) atoms. The van der Waals surface area contributed by atoms with E-state index in [1.54, 1.807) is 0 Å². The van der Waals surface area contributed by atoms with Crippen molar-refractivity contribution in [2.24, 2.45) is 5.41 Å². The van der Waals surface area contributed by atoms with Crippen LogP contribution < -0.4 is 0 Å². The zero-order valence-electron chi connectivity index (χ0n) is 10.9. The highest BCUT2D eigenvalue weighted by Crippen LogP contribution is 2.39. The van der Waals surface area contributed by atoms with Crippen molar-refractivity contribution in [3.8, 4) is 0 Å². The molecule has 0 aliphatic rings. The van der Waals surface area contributed by atoms with Crippen LogP contribution in [0.25, 0.3) is 0 Å². The summed E-state index contributed by atoms with van der Waals surface area (Å²) in [5.41, 5.74) is 1.71. The first-order chi connectivity index (χ1) is 6.73. The summed E-state index contributed by atoms with van der Waals surface area (Å²) in [7, 11) is 6.80. The molecule has 0 spiro atoms. The summed E-state index contributed by atoms with van der Waals surface area (Å²) in [6.07, 6.45) is 0. The Morgan fingerprint density at radius 3 is 1.73 bits per heavy atom. The fraction of sp³-hybridized carbons (Fsp3) is 0.571. The van der Waals surface area contributed by atoms with E-state index in [-0.39, 0.29) is 5.41 Å². The van der Waals surface area contributed by atoms with Gasteiger partial charge in [-0.25, -0.2) is 0 Å². The Morgan fingerprint density at radius 1 is 0.933 bits per heavy atom. The molecule has 84 valence electrons. The summed E-state index contributed by atoms with van der Waals surface area (Å²) < 4.78 is 0.966. The molecule has 0 unspecified atom stereocenters. The summed E-state index contributed by atoms with van der Waals surface area (Å²) in [4.78, 5) is 0. The summed E-state index contributed by atoms with van der Waals surface area (Å²) in [5, 5.41) is 0. The van der Waals surface area contributed by atoms with Crippen molar-refractivity contribution in [3.63, 3.8) is 0 Å². The summed E-state index contributed by atoms with van der Waals surface area (Å²) in [5.74, 6) is 0. The van der Waals surface area contributed by atoms with Crippen LogP contribution in [0.5, 0.6) is 0 Å². The zero-order valence-corrected chi connectivity index (χ0v) is 10.9. The molecule has 0 saturated heterocycles. The fourth-order valence-electron chi connectivity index (χ4n) is 2.74. The molecule has 0 heterocycles. The lowest BCUT2D eigenvalue weighted by atomic mass is 9.80. The van der Waals surface area contributed by atoms with E-state index in [0.29, 0.717) is 6.04 Å². The van der Waals surface area contributed by atoms with Gasteiger partial charge < -0.3 is 4.48 Å². The predicted octanol–water partition coefficient (Wildman–Crippen LogP) is 3.48. The molecule has 0 fully saturated rings. The first kappa shape index (κ1) is 12.3. The van der Waals surface area contributed by atoms with E-state index in [4.69, 9.17) is 0 Å². The average molecular weight is 206 g/mol. The number of rotatable bonds is 2. The summed E-state index contributed by atoms with van der Waals surface area (Å²) >= 11 is 0. The monoisotopic (exact) mass is 206 g/mol. The van der Waals surface area contributed by atoms with Crippen LogP contribution in [0, 0.1) is 5.41 Å². The Labute approximate surface area is 94.3 Å². The van der Waals surface area contributed by atoms with E-state index < -0.39 is 0 Å². The predicted molar refractivity (Wildman–Crippen MR) is 66.7 cm³/mol. The normalized spacial score (nSPS) is 15.1. The van der Waals surface area contributed by atoms with Crippen molar-refractivity contribution in [3.05, 3.63) is 35.9 Å². The van der Waals surface area contributed by atoms with Gasteiger partial charge in [0.2, 0.25) is 0 Å². The van der Waals surface area contributed by atoms with Gasteiger partial charge in [0.1, 0.15) is 6.04 Å². The van der Waals surface area contributed by atoms with Crippen LogP contribution in [-0.2, 0) is 0 Å². The first-order valence-corrected chi connectivity index (χ1v) is 5.59. The molecule has 0 radical (unpaired) electrons. The Bertz CT molecular complexity index is 286. The maximum Gasteiger partial charge on any atom is 0.119 e. The molecule has 0 aliphatic carbocycles. The molecule has 1 aromatic rings. The van der Waals surface area contributed by atoms with Gasteiger partial charge in [0, 0.05) is 11.0 Å². The maximum atomic E-state index is 2.31. The zero-order chi connectivity index (χ0) is 11.7. The van der Waals surface area contributed by atoms with E-state index in [0.717, 1.165) is 4.48 Å². The molecule has 0 aliphatic heterocycles. The van der Waals surface area contributed by atoms with Gasteiger partial charge in [0.05, 0.1) is 21.1 Å². The van der Waals surface area contributed by atoms with Gasteiger partial charge in [0.15, 0.2) is 0 Å². The molecule has 1 rings (SSSR count). The van der Waals surface area contributed by atoms with Gasteiger partial charge in [-0.05, 0) is 0 Å². The topological polar surface area (TPSA) is 0 Å². The Kier molecular flexibility index (Phi) is 3.25. The van der Waals surface area contributed by atoms with Crippen molar-refractivity contribution in [1.29, 1.82) is 0 Å². The van der Waals surface area contributed by atoms with Crippen LogP contribution in [0.3, 0.4) is 0 Å². The average Bonchev–Trinajstić information content (AvgIpc) is 2.00. The lowest BCUT2D eigenvalue weighted by molar-refractivity contribution is -0.910. The van der Waals surface area contributed by atoms with Gasteiger partial charge in [-0.1, -0.05) is 51.1 Å². The SMILES string of the molecule is CC(C)(C)[C@H](c1ccccc1)[N+](C)(C)C. The van der Waals surface area contributed by atoms with E-state index in [1.807, 2.05) is 0 Å². The molecule has 1 aromatic carbocycles. The van der Waals surface area contributed by atoms with Crippen LogP contribution in [-0.4, -0.2) is 25.6 Å². The number of benzene rings is 1. The van der Waals surface area contributed by atoms with Crippen molar-refractivity contribution >= 4 is 0 Å². The minimum atomic E-state index is 0.277. The second kappa shape index (κ2) is 3.97. The second-order valence-corrected chi connectivity index (χ2v) is 6.30. The number of hydrogen-bond acceptors (Lipinski definition) is 0. The molecular weight excluding hydrogens is 182 g/mol. The molecule has 0 N–H and O–H groups in total. The smallest absolute Gasteiger partial charge is 0.119 e. The van der Waals surface area contributed by atoms with Gasteiger partial charge >= 0.3 is 0 Å². The highest BCUT2D eigenvalue weighted by Gasteiger charge is 2.36. The van der Waals surface area contributed by atoms with Crippen LogP contribution in [0.2, 0.25) is 0 Å². The highest BCUT2D eigenvalue weighted by atomic mass is 15.3. The third-order valence-corrected chi connectivity index (χ3v) is 2.71. The molecule has 1 heteroatoms. The standard InChI is InChI=1S/C14H24N/c1-14(2,3)13(15(4,5)6)12-10-8-7-9-11-12/h7-11,13H,1-6H3/q+1/t13-/m0/s1. The molecule has 0 saturated carbocycles. The van der Waals surface area contributed by atoms with Gasteiger partial charge in [-0.15, -0.1) is 0 Å². The highest BCUT2D eigenvalue weighted by molar-refractivity contribution is 5.19. The van der Waals surface area contributed by atoms with Crippen LogP contribution >= 0.6 is 0 Å². The Hall–Kier alpha value is -0.820. The minimum Gasteiger partial charge on any atom is -0.324 e. The van der Waals surface area contributed by atoms with E-state index in [2.05, 4.69) is 72.2 Å². The lowest BCUT2D eigenvalue weighted by Gasteiger charge is -2.42. The second-order valence-electron chi connectivity index (χ2n) is 6.30. The van der Waals surface area contributed by atoms with Crippen LogP contribution in [0.1, 0.15) is 32.4 Å². The van der Waals surface area contributed by atoms with E-state index in [9.17, 15) is 0 Å². The van der Waals surface area contributed by atoms with Crippen LogP contribution in [0.4, 0.5) is 0 Å². The van der Waals surface area contributed by atoms with E-state index >= 15 is 0 Å². The van der Waals surface area contributed by atoms with Gasteiger partial charge in [-0.3, -0.25) is 0 Å². The van der Waals surface area contributed by atoms with Crippen LogP contribution in [0.15, 0.2) is 30.3 Å². The lowest BCUT2D eigenvalue weighted by Crippen LogP contribution is -2.45. The minimum absolute atomic E-state index is 0.277. The number of nitrogens with zero attached hydrogens (tertiary/aromatic N) is 1. The van der Waals surface area contributed by atoms with Crippen molar-refractivity contribution in [1.82, 2.24) is 0 Å². The molecule has 0 bridgehead atoms. The molecule has 0 aromatic heterocycles. The van der Waals surface area contributed by atoms with Crippen molar-refractivity contribution < 1.29 is 4.48 Å². The molecular formula is C14H24N+. The van der Waals surface area contributed by atoms with E-state index in [1.165, 1.54) is 5.56 Å². The number of quaternary nitrogens is 1. The van der Waals surface area contributed by atoms with Crippen molar-refractivity contribution in [2.75, 3.05) is 21.1 Å². The third kappa shape index (κ3) is 3.07. The largest absolute Gasteiger partial charge is 0.324 e. The summed E-state index contributed by atoms with van der Waals surface area (Å²) in [6.45, 7) is 6.94. The quantitative estimate of drug-likeness (QED) is 0.650. The molecule has 1 nitrogen and oxygen atoms in total. The Balaban J connectivity index is 3.15. The van der Waals surface area contributed by atoms with Crippen molar-refractivity contribution in [2.45, 2.75) is 26.8 Å². The molecule has 1 atom stereocenters. The number of hydrogen-bond donors (Lipinski definition) is 0. The maximum absolute atomic E-state index is 2.31. The first-order valence-electron chi connectivity index (χ1n) is 5.59. The fourth-order valence-corrected chi connectivity index (χ4v) is 2.74. The Morgan fingerprint density at radius 2 is 1.40 bits per heavy atom. The van der Waals surface area contributed by atoms with Gasteiger partial charge in [-0.2, -0.15) is 0 Å². The molecule has 0 amide bonds. The third-order valence-electron chi connectivity index (χ3n) is 2.71.